The van der Waals surface area contributed by atoms with Crippen LogP contribution in [0.3, 0.4) is 0 Å². The maximum atomic E-state index is 11.9. The fourth-order valence-corrected chi connectivity index (χ4v) is 7.78. The summed E-state index contributed by atoms with van der Waals surface area (Å²) in [4.78, 5) is 11.9. The molecule has 2 heteroatoms. The molecular formula is C21H34O2. The molecular weight excluding hydrogens is 284 g/mol. The molecule has 7 atom stereocenters. The number of fused-ring (bicyclic) bond motifs is 5. The Bertz CT molecular complexity index is 486. The summed E-state index contributed by atoms with van der Waals surface area (Å²) in [5, 5.41) is 9.45. The lowest BCUT2D eigenvalue weighted by molar-refractivity contribution is -0.139. The van der Waals surface area contributed by atoms with Crippen molar-refractivity contribution in [3.8, 4) is 0 Å². The molecule has 2 nitrogen and oxygen atoms in total. The molecule has 4 aliphatic carbocycles. The van der Waals surface area contributed by atoms with E-state index < -0.39 is 0 Å². The Kier molecular flexibility index (Phi) is 3.91. The summed E-state index contributed by atoms with van der Waals surface area (Å²) in [6.07, 6.45) is 12.0. The molecule has 4 aliphatic rings. The lowest BCUT2D eigenvalue weighted by Crippen LogP contribution is -2.53. The fourth-order valence-electron chi connectivity index (χ4n) is 7.78. The number of rotatable bonds is 2. The van der Waals surface area contributed by atoms with E-state index in [4.69, 9.17) is 0 Å². The number of aliphatic hydroxyl groups excluding tert-OH is 1. The van der Waals surface area contributed by atoms with Crippen LogP contribution in [0.25, 0.3) is 0 Å². The lowest BCUT2D eigenvalue weighted by Gasteiger charge is -2.60. The van der Waals surface area contributed by atoms with Crippen molar-refractivity contribution in [2.24, 2.45) is 40.4 Å². The zero-order valence-electron chi connectivity index (χ0n) is 15.0. The molecule has 0 aliphatic heterocycles. The minimum absolute atomic E-state index is 0.364. The fraction of sp³-hybridized carbons (Fsp3) is 0.952. The van der Waals surface area contributed by atoms with Gasteiger partial charge in [0.2, 0.25) is 0 Å². The Hall–Kier alpha value is -0.370. The van der Waals surface area contributed by atoms with Crippen LogP contribution in [0.4, 0.5) is 0 Å². The molecule has 0 aromatic heterocycles. The Morgan fingerprint density at radius 2 is 1.78 bits per heavy atom. The molecule has 0 saturated heterocycles. The van der Waals surface area contributed by atoms with Gasteiger partial charge in [-0.25, -0.2) is 0 Å². The molecule has 130 valence electrons. The van der Waals surface area contributed by atoms with E-state index in [1.54, 1.807) is 0 Å². The molecule has 1 N–H and O–H groups in total. The van der Waals surface area contributed by atoms with E-state index in [-0.39, 0.29) is 0 Å². The predicted molar refractivity (Wildman–Crippen MR) is 91.9 cm³/mol. The summed E-state index contributed by atoms with van der Waals surface area (Å²) >= 11 is 0. The highest BCUT2D eigenvalue weighted by Gasteiger charge is 2.59. The summed E-state index contributed by atoms with van der Waals surface area (Å²) in [7, 11) is 0. The number of carbonyl (C=O) groups excluding carboxylic acids is 1. The van der Waals surface area contributed by atoms with Crippen molar-refractivity contribution in [2.75, 3.05) is 6.61 Å². The Morgan fingerprint density at radius 1 is 1.00 bits per heavy atom. The van der Waals surface area contributed by atoms with Crippen molar-refractivity contribution in [3.63, 3.8) is 0 Å². The Balaban J connectivity index is 1.59. The van der Waals surface area contributed by atoms with Crippen LogP contribution in [0.1, 0.15) is 78.1 Å². The molecule has 0 bridgehead atoms. The predicted octanol–water partition coefficient (Wildman–Crippen LogP) is 4.60. The van der Waals surface area contributed by atoms with E-state index in [1.165, 1.54) is 38.5 Å². The standard InChI is InChI=1S/C21H34O2/c1-20-11-8-19-17(18(20)6-4-14(20)9-12-22)5-3-15-13-16(23)7-10-21(15,19)2/h14-15,17-19,22H,3-13H2,1-2H3/t14-,15?,17+,18+,19+,20-,21+/m1/s1. The summed E-state index contributed by atoms with van der Waals surface area (Å²) in [5.74, 6) is 4.58. The van der Waals surface area contributed by atoms with Crippen LogP contribution in [0.2, 0.25) is 0 Å². The van der Waals surface area contributed by atoms with E-state index in [9.17, 15) is 9.90 Å². The highest BCUT2D eigenvalue weighted by Crippen LogP contribution is 2.67. The molecule has 1 unspecified atom stereocenters. The van der Waals surface area contributed by atoms with Gasteiger partial charge in [0.15, 0.2) is 0 Å². The first kappa shape index (κ1) is 16.1. The third kappa shape index (κ3) is 2.27. The number of hydrogen-bond donors (Lipinski definition) is 1. The zero-order valence-corrected chi connectivity index (χ0v) is 15.0. The second-order valence-corrected chi connectivity index (χ2v) is 9.73. The van der Waals surface area contributed by atoms with Crippen molar-refractivity contribution < 1.29 is 9.90 Å². The van der Waals surface area contributed by atoms with Gasteiger partial charge in [-0.3, -0.25) is 4.79 Å². The molecule has 0 aromatic rings. The first-order valence-corrected chi connectivity index (χ1v) is 10.1. The molecule has 0 heterocycles. The molecule has 0 aromatic carbocycles. The van der Waals surface area contributed by atoms with Gasteiger partial charge in [0.1, 0.15) is 5.78 Å². The lowest BCUT2D eigenvalue weighted by atomic mass is 9.44. The number of hydrogen-bond acceptors (Lipinski definition) is 2. The van der Waals surface area contributed by atoms with Crippen molar-refractivity contribution in [3.05, 3.63) is 0 Å². The van der Waals surface area contributed by atoms with Crippen LogP contribution in [0.15, 0.2) is 0 Å². The molecule has 4 fully saturated rings. The Labute approximate surface area is 141 Å². The van der Waals surface area contributed by atoms with E-state index >= 15 is 0 Å². The quantitative estimate of drug-likeness (QED) is 0.808. The minimum atomic E-state index is 0.364. The third-order valence-electron chi connectivity index (χ3n) is 9.16. The summed E-state index contributed by atoms with van der Waals surface area (Å²) in [6.45, 7) is 5.44. The summed E-state index contributed by atoms with van der Waals surface area (Å²) < 4.78 is 0. The number of carbonyl (C=O) groups is 1. The largest absolute Gasteiger partial charge is 0.396 e. The second kappa shape index (κ2) is 5.58. The molecule has 0 amide bonds. The maximum absolute atomic E-state index is 11.9. The van der Waals surface area contributed by atoms with Gasteiger partial charge in [-0.1, -0.05) is 13.8 Å². The normalized spacial score (nSPS) is 52.7. The average Bonchev–Trinajstić information content (AvgIpc) is 2.85. The van der Waals surface area contributed by atoms with Crippen LogP contribution >= 0.6 is 0 Å². The van der Waals surface area contributed by atoms with Crippen LogP contribution in [-0.2, 0) is 4.79 Å². The third-order valence-corrected chi connectivity index (χ3v) is 9.16. The monoisotopic (exact) mass is 318 g/mol. The maximum Gasteiger partial charge on any atom is 0.133 e. The van der Waals surface area contributed by atoms with E-state index in [0.29, 0.717) is 29.1 Å². The van der Waals surface area contributed by atoms with Gasteiger partial charge < -0.3 is 5.11 Å². The topological polar surface area (TPSA) is 37.3 Å². The van der Waals surface area contributed by atoms with Crippen molar-refractivity contribution in [2.45, 2.75) is 78.1 Å². The first-order chi connectivity index (χ1) is 11.0. The summed E-state index contributed by atoms with van der Waals surface area (Å²) in [6, 6.07) is 0. The molecule has 0 spiro atoms. The summed E-state index contributed by atoms with van der Waals surface area (Å²) in [5.41, 5.74) is 0.921. The highest BCUT2D eigenvalue weighted by atomic mass is 16.3. The van der Waals surface area contributed by atoms with Gasteiger partial charge in [0.25, 0.3) is 0 Å². The smallest absolute Gasteiger partial charge is 0.133 e. The van der Waals surface area contributed by atoms with Crippen molar-refractivity contribution in [1.29, 1.82) is 0 Å². The SMILES string of the molecule is C[C@]12CC[C@H]3[C@@H](CCC4CC(=O)CC[C@@]43C)[C@@H]1CC[C@@H]2CCO. The molecule has 4 rings (SSSR count). The second-order valence-electron chi connectivity index (χ2n) is 9.73. The van der Waals surface area contributed by atoms with E-state index in [1.807, 2.05) is 0 Å². The van der Waals surface area contributed by atoms with Gasteiger partial charge in [-0.2, -0.15) is 0 Å². The number of Topliss-reactive ketones (excluding diaryl/α,β-unsaturated/α-hetero) is 1. The minimum Gasteiger partial charge on any atom is -0.396 e. The highest BCUT2D eigenvalue weighted by molar-refractivity contribution is 5.79. The van der Waals surface area contributed by atoms with Crippen LogP contribution in [0.5, 0.6) is 0 Å². The number of ketones is 1. The van der Waals surface area contributed by atoms with Gasteiger partial charge in [-0.15, -0.1) is 0 Å². The van der Waals surface area contributed by atoms with Crippen LogP contribution in [-0.4, -0.2) is 17.5 Å². The van der Waals surface area contributed by atoms with Gasteiger partial charge in [0, 0.05) is 19.4 Å². The van der Waals surface area contributed by atoms with Crippen LogP contribution < -0.4 is 0 Å². The Morgan fingerprint density at radius 3 is 2.57 bits per heavy atom. The zero-order chi connectivity index (χ0) is 16.2. The van der Waals surface area contributed by atoms with E-state index in [0.717, 1.165) is 49.4 Å². The van der Waals surface area contributed by atoms with Crippen molar-refractivity contribution >= 4 is 5.78 Å². The molecule has 0 radical (unpaired) electrons. The van der Waals surface area contributed by atoms with Crippen LogP contribution in [0, 0.1) is 40.4 Å². The van der Waals surface area contributed by atoms with E-state index in [2.05, 4.69) is 13.8 Å². The number of aliphatic hydroxyl groups is 1. The van der Waals surface area contributed by atoms with Crippen molar-refractivity contribution in [1.82, 2.24) is 0 Å². The first-order valence-electron chi connectivity index (χ1n) is 10.1. The van der Waals surface area contributed by atoms with Gasteiger partial charge >= 0.3 is 0 Å². The average molecular weight is 319 g/mol. The molecule has 23 heavy (non-hydrogen) atoms. The van der Waals surface area contributed by atoms with Gasteiger partial charge in [0.05, 0.1) is 0 Å². The van der Waals surface area contributed by atoms with Gasteiger partial charge in [-0.05, 0) is 91.8 Å². The molecule has 4 saturated carbocycles.